The molecule has 1 aromatic rings. The number of hydrogen-bond acceptors (Lipinski definition) is 5. The van der Waals surface area contributed by atoms with Gasteiger partial charge in [0.15, 0.2) is 0 Å². The van der Waals surface area contributed by atoms with Crippen molar-refractivity contribution in [3.05, 3.63) is 41.0 Å². The molecule has 0 radical (unpaired) electrons. The first-order valence-electron chi connectivity index (χ1n) is 5.06. The Bertz CT molecular complexity index is 642. The van der Waals surface area contributed by atoms with Crippen LogP contribution in [0.1, 0.15) is 18.0 Å². The third-order valence-electron chi connectivity index (χ3n) is 2.24. The van der Waals surface area contributed by atoms with Gasteiger partial charge in [-0.3, -0.25) is 4.55 Å². The van der Waals surface area contributed by atoms with Crippen LogP contribution in [0.15, 0.2) is 18.2 Å². The second-order valence-electron chi connectivity index (χ2n) is 3.62. The number of ether oxygens (including phenoxy) is 1. The van der Waals surface area contributed by atoms with E-state index in [0.717, 1.165) is 19.3 Å². The summed E-state index contributed by atoms with van der Waals surface area (Å²) in [6, 6.07) is 1.37. The summed E-state index contributed by atoms with van der Waals surface area (Å²) >= 11 is 0. The van der Waals surface area contributed by atoms with Crippen LogP contribution in [0.25, 0.3) is 6.08 Å². The van der Waals surface area contributed by atoms with Crippen molar-refractivity contribution in [3.63, 3.8) is 0 Å². The molecule has 0 heterocycles. The zero-order valence-electron chi connectivity index (χ0n) is 12.1. The van der Waals surface area contributed by atoms with Gasteiger partial charge in [-0.15, -0.1) is 0 Å². The number of carbonyl (C=O) groups is 1. The average molecular weight is 332 g/mol. The zero-order chi connectivity index (χ0) is 15.5. The number of methoxy groups -OCH3 is 1. The summed E-state index contributed by atoms with van der Waals surface area (Å²) in [5.74, 6) is -3.54. The second kappa shape index (κ2) is 7.97. The van der Waals surface area contributed by atoms with E-state index >= 15 is 0 Å². The molecule has 1 atom stereocenters. The van der Waals surface area contributed by atoms with Gasteiger partial charge in [-0.05, 0) is 23.8 Å². The van der Waals surface area contributed by atoms with Crippen molar-refractivity contribution in [1.82, 2.24) is 0 Å². The molecule has 0 fully saturated rings. The van der Waals surface area contributed by atoms with Crippen LogP contribution in [0.5, 0.6) is 0 Å². The summed E-state index contributed by atoms with van der Waals surface area (Å²) in [6.45, 7) is 0. The largest absolute Gasteiger partial charge is 1.00 e. The summed E-state index contributed by atoms with van der Waals surface area (Å²) in [5, 5.41) is 9.16. The first-order valence-corrected chi connectivity index (χ1v) is 6.56. The maximum absolute atomic E-state index is 13.6. The standard InChI is InChI=1S/C11H10F2O6S.Na.H/c1-19-9(14)3-2-6-4-7(12)10(8(13)5-6)11(15)20(16,17)18;;/h2-5,11,15H,1H3,(H,16,17,18);;/q;+1;-1/b3-2+;;. The maximum atomic E-state index is 13.6. The number of aliphatic hydroxyl groups excluding tert-OH is 1. The first kappa shape index (κ1) is 20.2. The van der Waals surface area contributed by atoms with E-state index in [2.05, 4.69) is 4.74 Å². The molecule has 0 aliphatic rings. The van der Waals surface area contributed by atoms with Gasteiger partial charge < -0.3 is 11.3 Å². The van der Waals surface area contributed by atoms with E-state index in [4.69, 9.17) is 9.66 Å². The summed E-state index contributed by atoms with van der Waals surface area (Å²) in [7, 11) is -3.95. The van der Waals surface area contributed by atoms with Crippen LogP contribution in [0.3, 0.4) is 0 Å². The molecule has 10 heteroatoms. The zero-order valence-corrected chi connectivity index (χ0v) is 13.9. The third kappa shape index (κ3) is 5.46. The van der Waals surface area contributed by atoms with E-state index in [1.54, 1.807) is 0 Å². The average Bonchev–Trinajstić information content (AvgIpc) is 2.33. The van der Waals surface area contributed by atoms with Gasteiger partial charge in [0.05, 0.1) is 12.7 Å². The maximum Gasteiger partial charge on any atom is 1.00 e. The van der Waals surface area contributed by atoms with Gasteiger partial charge in [-0.25, -0.2) is 13.6 Å². The summed E-state index contributed by atoms with van der Waals surface area (Å²) in [5.41, 5.74) is -4.04. The van der Waals surface area contributed by atoms with Crippen molar-refractivity contribution in [3.8, 4) is 0 Å². The van der Waals surface area contributed by atoms with Gasteiger partial charge in [0.25, 0.3) is 10.1 Å². The fourth-order valence-corrected chi connectivity index (χ4v) is 1.84. The Hall–Kier alpha value is -0.840. The molecule has 112 valence electrons. The molecule has 1 unspecified atom stereocenters. The van der Waals surface area contributed by atoms with Crippen molar-refractivity contribution in [2.75, 3.05) is 7.11 Å². The molecular weight excluding hydrogens is 321 g/mol. The van der Waals surface area contributed by atoms with Crippen LogP contribution in [0, 0.1) is 11.6 Å². The van der Waals surface area contributed by atoms with Crippen molar-refractivity contribution >= 4 is 22.2 Å². The number of esters is 1. The first-order chi connectivity index (χ1) is 9.16. The van der Waals surface area contributed by atoms with E-state index in [0.29, 0.717) is 12.1 Å². The molecule has 0 saturated heterocycles. The van der Waals surface area contributed by atoms with E-state index in [9.17, 15) is 22.0 Å². The molecule has 1 aromatic carbocycles. The number of carbonyl (C=O) groups excluding carboxylic acids is 1. The normalized spacial score (nSPS) is 12.8. The number of rotatable bonds is 4. The van der Waals surface area contributed by atoms with Gasteiger partial charge in [-0.1, -0.05) is 0 Å². The number of hydrogen-bond donors (Lipinski definition) is 2. The van der Waals surface area contributed by atoms with Crippen LogP contribution in [0.4, 0.5) is 8.78 Å². The van der Waals surface area contributed by atoms with Crippen molar-refractivity contribution < 1.29 is 67.4 Å². The van der Waals surface area contributed by atoms with Crippen LogP contribution >= 0.6 is 0 Å². The van der Waals surface area contributed by atoms with Crippen LogP contribution in [0.2, 0.25) is 0 Å². The molecule has 0 bridgehead atoms. The second-order valence-corrected chi connectivity index (χ2v) is 5.10. The minimum atomic E-state index is -5.06. The van der Waals surface area contributed by atoms with Crippen molar-refractivity contribution in [2.45, 2.75) is 5.44 Å². The fraction of sp³-hybridized carbons (Fsp3) is 0.182. The van der Waals surface area contributed by atoms with Crippen molar-refractivity contribution in [1.29, 1.82) is 0 Å². The molecule has 6 nitrogen and oxygen atoms in total. The molecule has 0 aliphatic heterocycles. The number of halogens is 2. The molecule has 21 heavy (non-hydrogen) atoms. The third-order valence-corrected chi connectivity index (χ3v) is 3.04. The van der Waals surface area contributed by atoms with Crippen LogP contribution in [-0.4, -0.2) is 31.2 Å². The van der Waals surface area contributed by atoms with Gasteiger partial charge >= 0.3 is 35.5 Å². The van der Waals surface area contributed by atoms with Gasteiger partial charge in [0, 0.05) is 6.08 Å². The monoisotopic (exact) mass is 332 g/mol. The minimum Gasteiger partial charge on any atom is -1.00 e. The molecule has 0 aromatic heterocycles. The Labute approximate surface area is 142 Å². The minimum absolute atomic E-state index is 0. The van der Waals surface area contributed by atoms with Crippen LogP contribution in [-0.2, 0) is 19.6 Å². The van der Waals surface area contributed by atoms with E-state index in [1.807, 2.05) is 0 Å². The van der Waals surface area contributed by atoms with Crippen LogP contribution < -0.4 is 29.6 Å². The summed E-state index contributed by atoms with van der Waals surface area (Å²) in [6.07, 6.45) is 1.93. The Morgan fingerprint density at radius 3 is 2.24 bits per heavy atom. The molecule has 0 amide bonds. The molecule has 0 saturated carbocycles. The summed E-state index contributed by atoms with van der Waals surface area (Å²) < 4.78 is 61.3. The number of benzene rings is 1. The Kier molecular flexibility index (Phi) is 7.65. The van der Waals surface area contributed by atoms with Gasteiger partial charge in [0.2, 0.25) is 5.44 Å². The van der Waals surface area contributed by atoms with Gasteiger partial charge in [-0.2, -0.15) is 8.42 Å². The van der Waals surface area contributed by atoms with E-state index in [1.165, 1.54) is 0 Å². The number of aliphatic hydroxyl groups is 1. The Morgan fingerprint density at radius 2 is 1.86 bits per heavy atom. The quantitative estimate of drug-likeness (QED) is 0.290. The molecule has 0 spiro atoms. The molecular formula is C11H11F2NaO6S. The fourth-order valence-electron chi connectivity index (χ4n) is 1.32. The topological polar surface area (TPSA) is 101 Å². The van der Waals surface area contributed by atoms with E-state index in [-0.39, 0.29) is 36.5 Å². The summed E-state index contributed by atoms with van der Waals surface area (Å²) in [4.78, 5) is 10.8. The SMILES string of the molecule is COC(=O)/C=C/c1cc(F)c(C(O)S(=O)(=O)O)c(F)c1.[H-].[Na+]. The molecule has 2 N–H and O–H groups in total. The van der Waals surface area contributed by atoms with Gasteiger partial charge in [0.1, 0.15) is 11.6 Å². The smallest absolute Gasteiger partial charge is 1.00 e. The van der Waals surface area contributed by atoms with Crippen molar-refractivity contribution in [2.24, 2.45) is 0 Å². The Morgan fingerprint density at radius 1 is 1.38 bits per heavy atom. The Balaban J connectivity index is 0. The van der Waals surface area contributed by atoms with E-state index < -0.39 is 38.7 Å². The predicted octanol–water partition coefficient (Wildman–Crippen LogP) is -1.85. The molecule has 1 rings (SSSR count). The predicted molar refractivity (Wildman–Crippen MR) is 65.0 cm³/mol. The molecule has 0 aliphatic carbocycles.